The number of nitrogens with zero attached hydrogens (tertiary/aromatic N) is 1. The van der Waals surface area contributed by atoms with Gasteiger partial charge >= 0.3 is 0 Å². The summed E-state index contributed by atoms with van der Waals surface area (Å²) in [7, 11) is 0. The van der Waals surface area contributed by atoms with Crippen molar-refractivity contribution >= 4 is 32.6 Å². The number of ether oxygens (including phenoxy) is 3. The highest BCUT2D eigenvalue weighted by Gasteiger charge is 2.19. The molecular formula is C18H14F2N2O4S. The molecule has 1 amide bonds. The quantitative estimate of drug-likeness (QED) is 0.732. The van der Waals surface area contributed by atoms with Crippen molar-refractivity contribution in [3.8, 4) is 17.2 Å². The Hall–Kier alpha value is -2.94. The molecule has 0 bridgehead atoms. The van der Waals surface area contributed by atoms with Gasteiger partial charge in [-0.3, -0.25) is 10.1 Å². The van der Waals surface area contributed by atoms with E-state index in [2.05, 4.69) is 10.3 Å². The van der Waals surface area contributed by atoms with Crippen molar-refractivity contribution in [2.45, 2.75) is 13.0 Å². The van der Waals surface area contributed by atoms with Crippen molar-refractivity contribution in [2.24, 2.45) is 0 Å². The third kappa shape index (κ3) is 3.63. The van der Waals surface area contributed by atoms with Crippen LogP contribution < -0.4 is 19.5 Å². The van der Waals surface area contributed by atoms with Crippen molar-refractivity contribution < 1.29 is 27.8 Å². The lowest BCUT2D eigenvalue weighted by atomic mass is 10.3. The van der Waals surface area contributed by atoms with Gasteiger partial charge in [0.2, 0.25) is 0 Å². The standard InChI is InChI=1S/C18H14F2N2O4S/c1-9(26-10-2-3-11(19)12(20)6-10)17(23)22-18-21-13-7-14-15(8-16(13)27-18)25-5-4-24-14/h2-3,6-9H,4-5H2,1H3,(H,21,22,23). The van der Waals surface area contributed by atoms with E-state index in [1.807, 2.05) is 6.07 Å². The monoisotopic (exact) mass is 392 g/mol. The first-order valence-corrected chi connectivity index (χ1v) is 8.94. The predicted molar refractivity (Wildman–Crippen MR) is 95.7 cm³/mol. The van der Waals surface area contributed by atoms with Crippen molar-refractivity contribution in [2.75, 3.05) is 18.5 Å². The summed E-state index contributed by atoms with van der Waals surface area (Å²) in [4.78, 5) is 16.7. The van der Waals surface area contributed by atoms with Gasteiger partial charge in [0.1, 0.15) is 19.0 Å². The summed E-state index contributed by atoms with van der Waals surface area (Å²) in [6.45, 7) is 2.47. The first-order valence-electron chi connectivity index (χ1n) is 8.12. The van der Waals surface area contributed by atoms with Crippen LogP contribution in [0.25, 0.3) is 10.2 Å². The van der Waals surface area contributed by atoms with E-state index in [1.165, 1.54) is 24.3 Å². The Kier molecular flexibility index (Phi) is 4.53. The molecule has 3 aromatic rings. The molecule has 9 heteroatoms. The Morgan fingerprint density at radius 2 is 1.93 bits per heavy atom. The van der Waals surface area contributed by atoms with Gasteiger partial charge in [-0.05, 0) is 19.1 Å². The van der Waals surface area contributed by atoms with E-state index in [0.29, 0.717) is 35.4 Å². The normalized spacial score (nSPS) is 14.0. The summed E-state index contributed by atoms with van der Waals surface area (Å²) >= 11 is 1.28. The number of nitrogens with one attached hydrogen (secondary N) is 1. The van der Waals surface area contributed by atoms with E-state index >= 15 is 0 Å². The molecule has 0 fully saturated rings. The lowest BCUT2D eigenvalue weighted by Gasteiger charge is -2.17. The van der Waals surface area contributed by atoms with Gasteiger partial charge in [-0.15, -0.1) is 0 Å². The molecule has 0 radical (unpaired) electrons. The van der Waals surface area contributed by atoms with E-state index in [1.54, 1.807) is 6.07 Å². The van der Waals surface area contributed by atoms with Gasteiger partial charge in [0, 0.05) is 18.2 Å². The molecule has 1 aliphatic rings. The minimum absolute atomic E-state index is 0.0582. The maximum atomic E-state index is 13.2. The molecule has 0 saturated carbocycles. The largest absolute Gasteiger partial charge is 0.486 e. The smallest absolute Gasteiger partial charge is 0.266 e. The molecule has 4 rings (SSSR count). The molecule has 0 saturated heterocycles. The number of carbonyl (C=O) groups is 1. The van der Waals surface area contributed by atoms with Crippen molar-refractivity contribution in [3.63, 3.8) is 0 Å². The fourth-order valence-corrected chi connectivity index (χ4v) is 3.41. The lowest BCUT2D eigenvalue weighted by molar-refractivity contribution is -0.122. The van der Waals surface area contributed by atoms with Crippen molar-refractivity contribution in [1.29, 1.82) is 0 Å². The second kappa shape index (κ2) is 6.99. The average Bonchev–Trinajstić information content (AvgIpc) is 3.03. The maximum absolute atomic E-state index is 13.2. The number of thiazole rings is 1. The molecule has 1 unspecified atom stereocenters. The SMILES string of the molecule is CC(Oc1ccc(F)c(F)c1)C(=O)Nc1nc2cc3c(cc2s1)OCCO3. The number of halogens is 2. The van der Waals surface area contributed by atoms with Gasteiger partial charge in [0.05, 0.1) is 10.2 Å². The molecule has 0 spiro atoms. The Bertz CT molecular complexity index is 981. The second-order valence-corrected chi connectivity index (χ2v) is 6.84. The number of hydrogen-bond donors (Lipinski definition) is 1. The van der Waals surface area contributed by atoms with E-state index in [-0.39, 0.29) is 5.75 Å². The topological polar surface area (TPSA) is 69.7 Å². The number of amides is 1. The van der Waals surface area contributed by atoms with Crippen molar-refractivity contribution in [3.05, 3.63) is 42.0 Å². The molecule has 1 atom stereocenters. The number of rotatable bonds is 4. The molecular weight excluding hydrogens is 378 g/mol. The van der Waals surface area contributed by atoms with Crippen LogP contribution in [0.1, 0.15) is 6.92 Å². The average molecular weight is 392 g/mol. The van der Waals surface area contributed by atoms with E-state index in [9.17, 15) is 13.6 Å². The lowest BCUT2D eigenvalue weighted by Crippen LogP contribution is -2.30. The van der Waals surface area contributed by atoms with Gasteiger partial charge in [0.15, 0.2) is 34.4 Å². The molecule has 140 valence electrons. The zero-order valence-electron chi connectivity index (χ0n) is 14.1. The van der Waals surface area contributed by atoms with Crippen LogP contribution in [0.15, 0.2) is 30.3 Å². The van der Waals surface area contributed by atoms with Crippen LogP contribution in [0.4, 0.5) is 13.9 Å². The van der Waals surface area contributed by atoms with Crippen LogP contribution in [0, 0.1) is 11.6 Å². The van der Waals surface area contributed by atoms with E-state index in [0.717, 1.165) is 16.8 Å². The molecule has 2 heterocycles. The van der Waals surface area contributed by atoms with Gasteiger partial charge in [-0.1, -0.05) is 11.3 Å². The summed E-state index contributed by atoms with van der Waals surface area (Å²) in [6, 6.07) is 6.66. The van der Waals surface area contributed by atoms with Gasteiger partial charge in [-0.25, -0.2) is 13.8 Å². The fourth-order valence-electron chi connectivity index (χ4n) is 2.53. The first kappa shape index (κ1) is 17.5. The highest BCUT2D eigenvalue weighted by Crippen LogP contribution is 2.37. The maximum Gasteiger partial charge on any atom is 0.266 e. The van der Waals surface area contributed by atoms with Gasteiger partial charge in [0.25, 0.3) is 5.91 Å². The number of anilines is 1. The summed E-state index contributed by atoms with van der Waals surface area (Å²) in [5, 5.41) is 3.05. The Morgan fingerprint density at radius 1 is 1.19 bits per heavy atom. The fraction of sp³-hybridized carbons (Fsp3) is 0.222. The predicted octanol–water partition coefficient (Wildman–Crippen LogP) is 3.75. The highest BCUT2D eigenvalue weighted by molar-refractivity contribution is 7.22. The summed E-state index contributed by atoms with van der Waals surface area (Å²) < 4.78 is 43.4. The number of benzene rings is 2. The molecule has 0 aliphatic carbocycles. The Labute approximate surface area is 156 Å². The number of carbonyl (C=O) groups excluding carboxylic acids is 1. The van der Waals surface area contributed by atoms with Gasteiger partial charge in [-0.2, -0.15) is 0 Å². The Morgan fingerprint density at radius 3 is 2.67 bits per heavy atom. The van der Waals surface area contributed by atoms with Crippen LogP contribution in [0.5, 0.6) is 17.2 Å². The summed E-state index contributed by atoms with van der Waals surface area (Å²) in [5.74, 6) is -1.17. The zero-order chi connectivity index (χ0) is 19.0. The van der Waals surface area contributed by atoms with E-state index < -0.39 is 23.6 Å². The number of fused-ring (bicyclic) bond motifs is 2. The second-order valence-electron chi connectivity index (χ2n) is 5.81. The molecule has 1 aliphatic heterocycles. The Balaban J connectivity index is 1.47. The summed E-state index contributed by atoms with van der Waals surface area (Å²) in [5.41, 5.74) is 0.675. The molecule has 1 N–H and O–H groups in total. The molecule has 6 nitrogen and oxygen atoms in total. The molecule has 1 aromatic heterocycles. The van der Waals surface area contributed by atoms with Gasteiger partial charge < -0.3 is 14.2 Å². The molecule has 27 heavy (non-hydrogen) atoms. The third-order valence-electron chi connectivity index (χ3n) is 3.86. The third-order valence-corrected chi connectivity index (χ3v) is 4.79. The van der Waals surface area contributed by atoms with Crippen LogP contribution >= 0.6 is 11.3 Å². The number of aromatic nitrogens is 1. The van der Waals surface area contributed by atoms with Crippen LogP contribution in [0.2, 0.25) is 0 Å². The minimum atomic E-state index is -1.04. The minimum Gasteiger partial charge on any atom is -0.486 e. The molecule has 2 aromatic carbocycles. The van der Waals surface area contributed by atoms with Crippen LogP contribution in [-0.4, -0.2) is 30.2 Å². The highest BCUT2D eigenvalue weighted by atomic mass is 32.1. The zero-order valence-corrected chi connectivity index (χ0v) is 14.9. The summed E-state index contributed by atoms with van der Waals surface area (Å²) in [6.07, 6.45) is -0.929. The van der Waals surface area contributed by atoms with Crippen molar-refractivity contribution in [1.82, 2.24) is 4.98 Å². The van der Waals surface area contributed by atoms with Crippen LogP contribution in [0.3, 0.4) is 0 Å². The first-order chi connectivity index (χ1) is 13.0. The van der Waals surface area contributed by atoms with Crippen LogP contribution in [-0.2, 0) is 4.79 Å². The number of hydrogen-bond acceptors (Lipinski definition) is 6. The van der Waals surface area contributed by atoms with E-state index in [4.69, 9.17) is 14.2 Å².